The van der Waals surface area contributed by atoms with Crippen LogP contribution in [0.2, 0.25) is 0 Å². The number of aryl methyl sites for hydroxylation is 1. The second-order valence-electron chi connectivity index (χ2n) is 6.38. The van der Waals surface area contributed by atoms with Gasteiger partial charge in [0, 0.05) is 32.6 Å². The van der Waals surface area contributed by atoms with E-state index >= 15 is 0 Å². The zero-order chi connectivity index (χ0) is 15.9. The van der Waals surface area contributed by atoms with Gasteiger partial charge in [-0.15, -0.1) is 0 Å². The highest BCUT2D eigenvalue weighted by molar-refractivity contribution is 7.91. The average molecular weight is 322 g/mol. The van der Waals surface area contributed by atoms with Gasteiger partial charge < -0.3 is 4.90 Å². The van der Waals surface area contributed by atoms with Crippen LogP contribution in [0.1, 0.15) is 18.1 Å². The van der Waals surface area contributed by atoms with Crippen LogP contribution in [-0.4, -0.2) is 60.8 Å². The Hall–Kier alpha value is -1.40. The van der Waals surface area contributed by atoms with Gasteiger partial charge >= 0.3 is 0 Å². The average Bonchev–Trinajstić information content (AvgIpc) is 2.76. The largest absolute Gasteiger partial charge is 0.336 e. The molecule has 2 saturated heterocycles. The summed E-state index contributed by atoms with van der Waals surface area (Å²) in [5.74, 6) is 0.233. The van der Waals surface area contributed by atoms with Crippen molar-refractivity contribution in [2.75, 3.05) is 24.6 Å². The van der Waals surface area contributed by atoms with Crippen molar-refractivity contribution in [1.82, 2.24) is 9.80 Å². The lowest BCUT2D eigenvalue weighted by atomic mass is 10.0. The molecule has 2 aliphatic heterocycles. The van der Waals surface area contributed by atoms with Gasteiger partial charge in [0.05, 0.1) is 17.5 Å². The van der Waals surface area contributed by atoms with Crippen LogP contribution < -0.4 is 0 Å². The molecule has 1 amide bonds. The van der Waals surface area contributed by atoms with Gasteiger partial charge in [-0.3, -0.25) is 9.69 Å². The predicted molar refractivity (Wildman–Crippen MR) is 85.2 cm³/mol. The summed E-state index contributed by atoms with van der Waals surface area (Å²) in [5.41, 5.74) is 2.40. The number of sulfone groups is 1. The minimum Gasteiger partial charge on any atom is -0.336 e. The number of nitrogens with zero attached hydrogens (tertiary/aromatic N) is 2. The topological polar surface area (TPSA) is 57.7 Å². The van der Waals surface area contributed by atoms with Crippen molar-refractivity contribution in [2.45, 2.75) is 32.5 Å². The molecule has 22 heavy (non-hydrogen) atoms. The fourth-order valence-corrected chi connectivity index (χ4v) is 5.55. The summed E-state index contributed by atoms with van der Waals surface area (Å²) in [5, 5.41) is 0. The Morgan fingerprint density at radius 1 is 1.14 bits per heavy atom. The Kier molecular flexibility index (Phi) is 3.99. The highest BCUT2D eigenvalue weighted by Gasteiger charge is 2.47. The standard InChI is InChI=1S/C16H22N2O3S/c1-12-3-5-14(6-4-12)9-17-7-8-18(13(2)19)16-11-22(20,21)10-15(16)17/h3-6,15-16H,7-11H2,1-2H3. The SMILES string of the molecule is CC(=O)N1CCN(Cc2ccc(C)cc2)C2CS(=O)(=O)CC21. The highest BCUT2D eigenvalue weighted by Crippen LogP contribution is 2.28. The molecule has 0 radical (unpaired) electrons. The Labute approximate surface area is 131 Å². The lowest BCUT2D eigenvalue weighted by molar-refractivity contribution is -0.134. The number of amides is 1. The highest BCUT2D eigenvalue weighted by atomic mass is 32.2. The number of benzene rings is 1. The van der Waals surface area contributed by atoms with Crippen LogP contribution in [0, 0.1) is 6.92 Å². The first kappa shape index (κ1) is 15.5. The summed E-state index contributed by atoms with van der Waals surface area (Å²) in [6.07, 6.45) is 0. The molecule has 1 aromatic carbocycles. The predicted octanol–water partition coefficient (Wildman–Crippen LogP) is 0.825. The maximum atomic E-state index is 12.0. The van der Waals surface area contributed by atoms with Gasteiger partial charge in [-0.2, -0.15) is 0 Å². The molecule has 0 saturated carbocycles. The number of hydrogen-bond donors (Lipinski definition) is 0. The van der Waals surface area contributed by atoms with E-state index in [0.717, 1.165) is 13.1 Å². The number of rotatable bonds is 2. The molecule has 5 nitrogen and oxygen atoms in total. The maximum Gasteiger partial charge on any atom is 0.219 e. The van der Waals surface area contributed by atoms with Gasteiger partial charge in [-0.05, 0) is 12.5 Å². The molecular formula is C16H22N2O3S. The van der Waals surface area contributed by atoms with Crippen molar-refractivity contribution in [3.63, 3.8) is 0 Å². The van der Waals surface area contributed by atoms with Gasteiger partial charge in [0.25, 0.3) is 0 Å². The van der Waals surface area contributed by atoms with Gasteiger partial charge in [-0.25, -0.2) is 8.42 Å². The van der Waals surface area contributed by atoms with Crippen LogP contribution in [0.3, 0.4) is 0 Å². The number of piperazine rings is 1. The summed E-state index contributed by atoms with van der Waals surface area (Å²) in [6, 6.07) is 8.05. The van der Waals surface area contributed by atoms with E-state index in [4.69, 9.17) is 0 Å². The van der Waals surface area contributed by atoms with Gasteiger partial charge in [0.1, 0.15) is 0 Å². The van der Waals surface area contributed by atoms with Gasteiger partial charge in [0.2, 0.25) is 5.91 Å². The molecule has 2 heterocycles. The quantitative estimate of drug-likeness (QED) is 0.809. The minimum atomic E-state index is -3.06. The summed E-state index contributed by atoms with van der Waals surface area (Å²) in [4.78, 5) is 15.7. The first-order valence-corrected chi connectivity index (χ1v) is 9.45. The monoisotopic (exact) mass is 322 g/mol. The van der Waals surface area contributed by atoms with E-state index in [9.17, 15) is 13.2 Å². The van der Waals surface area contributed by atoms with Crippen molar-refractivity contribution in [3.8, 4) is 0 Å². The molecule has 0 spiro atoms. The van der Waals surface area contributed by atoms with Gasteiger partial charge in [-0.1, -0.05) is 29.8 Å². The smallest absolute Gasteiger partial charge is 0.219 e. The molecule has 2 aliphatic rings. The minimum absolute atomic E-state index is 0.0258. The zero-order valence-electron chi connectivity index (χ0n) is 13.0. The maximum absolute atomic E-state index is 12.0. The third-order valence-electron chi connectivity index (χ3n) is 4.70. The van der Waals surface area contributed by atoms with E-state index in [1.807, 2.05) is 0 Å². The number of carbonyl (C=O) groups excluding carboxylic acids is 1. The second kappa shape index (κ2) is 5.66. The first-order chi connectivity index (χ1) is 10.4. The van der Waals surface area contributed by atoms with E-state index < -0.39 is 9.84 Å². The Bertz CT molecular complexity index is 669. The molecule has 2 unspecified atom stereocenters. The molecule has 2 atom stereocenters. The van der Waals surface area contributed by atoms with Crippen molar-refractivity contribution in [1.29, 1.82) is 0 Å². The normalized spacial score (nSPS) is 27.6. The van der Waals surface area contributed by atoms with Crippen LogP contribution in [0.4, 0.5) is 0 Å². The van der Waals surface area contributed by atoms with Crippen LogP contribution in [-0.2, 0) is 21.2 Å². The summed E-state index contributed by atoms with van der Waals surface area (Å²) in [7, 11) is -3.06. The van der Waals surface area contributed by atoms with Crippen molar-refractivity contribution >= 4 is 15.7 Å². The van der Waals surface area contributed by atoms with E-state index in [1.165, 1.54) is 18.1 Å². The fourth-order valence-electron chi connectivity index (χ4n) is 3.54. The lowest BCUT2D eigenvalue weighted by Crippen LogP contribution is -2.59. The van der Waals surface area contributed by atoms with Crippen molar-refractivity contribution < 1.29 is 13.2 Å². The van der Waals surface area contributed by atoms with E-state index in [2.05, 4.69) is 36.1 Å². The van der Waals surface area contributed by atoms with E-state index in [-0.39, 0.29) is 29.5 Å². The zero-order valence-corrected chi connectivity index (χ0v) is 13.8. The van der Waals surface area contributed by atoms with Crippen LogP contribution in [0.15, 0.2) is 24.3 Å². The van der Waals surface area contributed by atoms with Crippen molar-refractivity contribution in [2.24, 2.45) is 0 Å². The van der Waals surface area contributed by atoms with E-state index in [0.29, 0.717) is 6.54 Å². The summed E-state index contributed by atoms with van der Waals surface area (Å²) < 4.78 is 24.1. The molecule has 0 aromatic heterocycles. The fraction of sp³-hybridized carbons (Fsp3) is 0.562. The molecule has 2 fully saturated rings. The van der Waals surface area contributed by atoms with Crippen LogP contribution in [0.5, 0.6) is 0 Å². The third kappa shape index (κ3) is 3.03. The Morgan fingerprint density at radius 3 is 2.41 bits per heavy atom. The second-order valence-corrected chi connectivity index (χ2v) is 8.53. The Balaban J connectivity index is 1.81. The van der Waals surface area contributed by atoms with Crippen LogP contribution >= 0.6 is 0 Å². The molecule has 6 heteroatoms. The molecule has 0 N–H and O–H groups in total. The van der Waals surface area contributed by atoms with Crippen molar-refractivity contribution in [3.05, 3.63) is 35.4 Å². The molecule has 3 rings (SSSR count). The van der Waals surface area contributed by atoms with E-state index in [1.54, 1.807) is 4.90 Å². The molecule has 120 valence electrons. The summed E-state index contributed by atoms with van der Waals surface area (Å²) in [6.45, 7) is 5.65. The lowest BCUT2D eigenvalue weighted by Gasteiger charge is -2.43. The summed E-state index contributed by atoms with van der Waals surface area (Å²) >= 11 is 0. The van der Waals surface area contributed by atoms with Gasteiger partial charge in [0.15, 0.2) is 9.84 Å². The number of fused-ring (bicyclic) bond motifs is 1. The third-order valence-corrected chi connectivity index (χ3v) is 6.40. The first-order valence-electron chi connectivity index (χ1n) is 7.63. The molecule has 1 aromatic rings. The van der Waals surface area contributed by atoms with Crippen LogP contribution in [0.25, 0.3) is 0 Å². The Morgan fingerprint density at radius 2 is 1.77 bits per heavy atom. The molecule has 0 aliphatic carbocycles. The number of hydrogen-bond acceptors (Lipinski definition) is 4. The molecular weight excluding hydrogens is 300 g/mol. The molecule has 0 bridgehead atoms. The number of carbonyl (C=O) groups is 1.